The summed E-state index contributed by atoms with van der Waals surface area (Å²) in [4.78, 5) is 18.0. The quantitative estimate of drug-likeness (QED) is 0.253. The number of nitrogens with zero attached hydrogens (tertiary/aromatic N) is 2. The lowest BCUT2D eigenvalue weighted by Gasteiger charge is -2.15. The lowest BCUT2D eigenvalue weighted by molar-refractivity contribution is -0.127. The molecule has 0 heterocycles. The van der Waals surface area contributed by atoms with E-state index >= 15 is 0 Å². The van der Waals surface area contributed by atoms with E-state index in [4.69, 9.17) is 0 Å². The Bertz CT molecular complexity index is 805. The molecule has 0 aliphatic heterocycles. The van der Waals surface area contributed by atoms with E-state index in [1.165, 1.54) is 11.2 Å². The van der Waals surface area contributed by atoms with Crippen molar-refractivity contribution in [3.63, 3.8) is 0 Å². The molecule has 1 aromatic carbocycles. The Morgan fingerprint density at radius 3 is 2.30 bits per heavy atom. The highest BCUT2D eigenvalue weighted by Crippen LogP contribution is 2.17. The van der Waals surface area contributed by atoms with E-state index in [0.717, 1.165) is 11.1 Å². The summed E-state index contributed by atoms with van der Waals surface area (Å²) in [6.07, 6.45) is 1.19. The highest BCUT2D eigenvalue weighted by atomic mass is 127. The summed E-state index contributed by atoms with van der Waals surface area (Å²) in [5, 5.41) is 6.09. The van der Waals surface area contributed by atoms with Gasteiger partial charge in [0.1, 0.15) is 0 Å². The van der Waals surface area contributed by atoms with Gasteiger partial charge in [0.2, 0.25) is 5.91 Å². The van der Waals surface area contributed by atoms with Gasteiger partial charge in [0.25, 0.3) is 0 Å². The van der Waals surface area contributed by atoms with E-state index in [0.29, 0.717) is 29.5 Å². The number of aliphatic imine (C=N–C) groups is 1. The van der Waals surface area contributed by atoms with E-state index in [2.05, 4.69) is 22.2 Å². The summed E-state index contributed by atoms with van der Waals surface area (Å²) < 4.78 is 23.4. The molecular weight excluding hydrogens is 479 g/mol. The van der Waals surface area contributed by atoms with Gasteiger partial charge in [-0.1, -0.05) is 24.3 Å². The van der Waals surface area contributed by atoms with Crippen LogP contribution < -0.4 is 10.6 Å². The Labute approximate surface area is 179 Å². The summed E-state index contributed by atoms with van der Waals surface area (Å²) in [7, 11) is 0.139. The number of guanidine groups is 1. The van der Waals surface area contributed by atoms with Crippen LogP contribution in [-0.2, 0) is 21.2 Å². The second kappa shape index (κ2) is 11.3. The van der Waals surface area contributed by atoms with Crippen LogP contribution in [0.4, 0.5) is 0 Å². The Hall–Kier alpha value is -1.62. The zero-order chi connectivity index (χ0) is 19.9. The maximum atomic E-state index is 11.7. The van der Waals surface area contributed by atoms with E-state index in [-0.39, 0.29) is 36.4 Å². The first-order chi connectivity index (χ1) is 12.0. The fourth-order valence-corrected chi connectivity index (χ4v) is 3.08. The van der Waals surface area contributed by atoms with Crippen molar-refractivity contribution >= 4 is 45.7 Å². The van der Waals surface area contributed by atoms with Crippen molar-refractivity contribution in [3.05, 3.63) is 41.5 Å². The minimum atomic E-state index is -3.24. The van der Waals surface area contributed by atoms with Gasteiger partial charge in [-0.3, -0.25) is 4.79 Å². The van der Waals surface area contributed by atoms with Gasteiger partial charge < -0.3 is 15.5 Å². The van der Waals surface area contributed by atoms with Crippen LogP contribution in [0.15, 0.2) is 40.2 Å². The summed E-state index contributed by atoms with van der Waals surface area (Å²) in [5.41, 5.74) is 2.50. The zero-order valence-electron chi connectivity index (χ0n) is 16.5. The third-order valence-corrected chi connectivity index (χ3v) is 4.78. The van der Waals surface area contributed by atoms with Crippen LogP contribution in [0.1, 0.15) is 18.1 Å². The molecule has 0 fully saturated rings. The molecule has 0 saturated carbocycles. The molecule has 0 unspecified atom stereocenters. The van der Waals surface area contributed by atoms with E-state index in [1.54, 1.807) is 39.2 Å². The van der Waals surface area contributed by atoms with E-state index in [1.807, 2.05) is 6.92 Å². The topological polar surface area (TPSA) is 90.9 Å². The number of likely N-dealkylation sites (N-methyl/N-ethyl adjacent to an activating group) is 1. The molecule has 0 saturated heterocycles. The molecule has 9 heteroatoms. The smallest absolute Gasteiger partial charge is 0.241 e. The van der Waals surface area contributed by atoms with Gasteiger partial charge in [-0.05, 0) is 31.0 Å². The summed E-state index contributed by atoms with van der Waals surface area (Å²) in [6, 6.07) is 5.15. The summed E-state index contributed by atoms with van der Waals surface area (Å²) in [6.45, 7) is 8.50. The second-order valence-corrected chi connectivity index (χ2v) is 8.47. The molecule has 1 aromatic rings. The molecular formula is C18H29IN4O3S. The van der Waals surface area contributed by atoms with Crippen LogP contribution in [0.25, 0.3) is 0 Å². The van der Waals surface area contributed by atoms with Gasteiger partial charge in [0.05, 0.1) is 18.0 Å². The van der Waals surface area contributed by atoms with Crippen LogP contribution >= 0.6 is 24.0 Å². The van der Waals surface area contributed by atoms with Crippen LogP contribution in [0.5, 0.6) is 0 Å². The molecule has 0 aromatic heterocycles. The number of carbonyl (C=O) groups is 1. The third-order valence-electron chi connectivity index (χ3n) is 3.52. The molecule has 0 radical (unpaired) electrons. The minimum absolute atomic E-state index is 0. The van der Waals surface area contributed by atoms with Crippen LogP contribution in [0.2, 0.25) is 0 Å². The number of carbonyl (C=O) groups excluding carboxylic acids is 1. The highest BCUT2D eigenvalue weighted by Gasteiger charge is 2.11. The Morgan fingerprint density at radius 2 is 1.81 bits per heavy atom. The highest BCUT2D eigenvalue weighted by molar-refractivity contribution is 14.0. The summed E-state index contributed by atoms with van der Waals surface area (Å²) in [5.74, 6) is 0.427. The van der Waals surface area contributed by atoms with Crippen molar-refractivity contribution in [2.45, 2.75) is 25.3 Å². The second-order valence-electron chi connectivity index (χ2n) is 6.49. The number of halogens is 1. The third kappa shape index (κ3) is 9.23. The number of amides is 1. The molecule has 1 rings (SSSR count). The van der Waals surface area contributed by atoms with Gasteiger partial charge in [-0.2, -0.15) is 0 Å². The van der Waals surface area contributed by atoms with E-state index in [9.17, 15) is 13.2 Å². The standard InChI is InChI=1S/C18H28N4O3S.HI/c1-13(2)10-19-18(21-12-17(23)22(4)5)20-11-15-7-8-16(14(3)9-15)26(6,24)25;/h7-9H,1,10-12H2,2-6H3,(H2,19,20,21);1H. The van der Waals surface area contributed by atoms with Crippen molar-refractivity contribution in [2.75, 3.05) is 33.4 Å². The van der Waals surface area contributed by atoms with Gasteiger partial charge in [0.15, 0.2) is 15.8 Å². The molecule has 2 N–H and O–H groups in total. The molecule has 1 amide bonds. The predicted molar refractivity (Wildman–Crippen MR) is 120 cm³/mol. The Balaban J connectivity index is 0.00000676. The number of nitrogens with one attached hydrogen (secondary N) is 2. The lowest BCUT2D eigenvalue weighted by Crippen LogP contribution is -2.43. The minimum Gasteiger partial charge on any atom is -0.353 e. The SMILES string of the molecule is C=C(C)CNC(=NCc1ccc(S(C)(=O)=O)c(C)c1)NCC(=O)N(C)C.I. The van der Waals surface area contributed by atoms with Gasteiger partial charge in [0, 0.05) is 26.9 Å². The Kier molecular flexibility index (Phi) is 10.6. The molecule has 0 aliphatic carbocycles. The van der Waals surface area contributed by atoms with Gasteiger partial charge in [-0.25, -0.2) is 13.4 Å². The number of aryl methyl sites for hydroxylation is 1. The molecule has 27 heavy (non-hydrogen) atoms. The average molecular weight is 508 g/mol. The largest absolute Gasteiger partial charge is 0.353 e. The fraction of sp³-hybridized carbons (Fsp3) is 0.444. The van der Waals surface area contributed by atoms with Crippen molar-refractivity contribution in [2.24, 2.45) is 4.99 Å². The number of hydrogen-bond donors (Lipinski definition) is 2. The number of benzene rings is 1. The van der Waals surface area contributed by atoms with E-state index < -0.39 is 9.84 Å². The van der Waals surface area contributed by atoms with Crippen molar-refractivity contribution in [3.8, 4) is 0 Å². The normalized spacial score (nSPS) is 11.4. The maximum absolute atomic E-state index is 11.7. The molecule has 0 bridgehead atoms. The van der Waals surface area contributed by atoms with Gasteiger partial charge >= 0.3 is 0 Å². The number of hydrogen-bond acceptors (Lipinski definition) is 4. The molecule has 7 nitrogen and oxygen atoms in total. The number of rotatable bonds is 7. The zero-order valence-corrected chi connectivity index (χ0v) is 19.6. The summed E-state index contributed by atoms with van der Waals surface area (Å²) >= 11 is 0. The van der Waals surface area contributed by atoms with Crippen molar-refractivity contribution < 1.29 is 13.2 Å². The predicted octanol–water partition coefficient (Wildman–Crippen LogP) is 1.72. The lowest BCUT2D eigenvalue weighted by atomic mass is 10.1. The monoisotopic (exact) mass is 508 g/mol. The first-order valence-corrected chi connectivity index (χ1v) is 10.1. The van der Waals surface area contributed by atoms with Crippen molar-refractivity contribution in [1.82, 2.24) is 15.5 Å². The molecule has 0 atom stereocenters. The van der Waals surface area contributed by atoms with Crippen LogP contribution in [-0.4, -0.2) is 58.6 Å². The van der Waals surface area contributed by atoms with Gasteiger partial charge in [-0.15, -0.1) is 24.0 Å². The average Bonchev–Trinajstić information content (AvgIpc) is 2.52. The maximum Gasteiger partial charge on any atom is 0.241 e. The van der Waals surface area contributed by atoms with Crippen LogP contribution in [0.3, 0.4) is 0 Å². The molecule has 152 valence electrons. The van der Waals surface area contributed by atoms with Crippen molar-refractivity contribution in [1.29, 1.82) is 0 Å². The van der Waals surface area contributed by atoms with Crippen LogP contribution in [0, 0.1) is 6.92 Å². The molecule has 0 spiro atoms. The first-order valence-electron chi connectivity index (χ1n) is 8.17. The fourth-order valence-electron chi connectivity index (χ4n) is 2.12. The number of sulfone groups is 1. The first kappa shape index (κ1) is 25.4. The molecule has 0 aliphatic rings. The Morgan fingerprint density at radius 1 is 1.22 bits per heavy atom.